The van der Waals surface area contributed by atoms with Gasteiger partial charge in [-0.2, -0.15) is 0 Å². The van der Waals surface area contributed by atoms with Crippen LogP contribution in [0.4, 0.5) is 0 Å². The summed E-state index contributed by atoms with van der Waals surface area (Å²) in [7, 11) is 0. The van der Waals surface area contributed by atoms with Crippen molar-refractivity contribution in [2.24, 2.45) is 17.8 Å². The number of carbonyl (C=O) groups excluding carboxylic acids is 2. The number of Topliss-reactive ketones (excluding diaryl/α,β-unsaturated/α-hetero) is 2. The lowest BCUT2D eigenvalue weighted by molar-refractivity contribution is -0.128. The van der Waals surface area contributed by atoms with Crippen LogP contribution in [0, 0.1) is 24.7 Å². The van der Waals surface area contributed by atoms with Crippen molar-refractivity contribution in [3.63, 3.8) is 0 Å². The summed E-state index contributed by atoms with van der Waals surface area (Å²) in [4.78, 5) is 24.3. The van der Waals surface area contributed by atoms with E-state index in [1.165, 1.54) is 12.8 Å². The van der Waals surface area contributed by atoms with Gasteiger partial charge in [-0.3, -0.25) is 9.59 Å². The molecular formula is C21H30O3. The van der Waals surface area contributed by atoms with E-state index in [2.05, 4.69) is 20.8 Å². The number of aryl methyl sites for hydroxylation is 1. The molecule has 132 valence electrons. The first-order valence-corrected chi connectivity index (χ1v) is 9.10. The zero-order valence-electron chi connectivity index (χ0n) is 15.4. The van der Waals surface area contributed by atoms with Crippen molar-refractivity contribution in [3.05, 3.63) is 35.4 Å². The van der Waals surface area contributed by atoms with Crippen LogP contribution in [-0.2, 0) is 9.53 Å². The van der Waals surface area contributed by atoms with E-state index in [1.807, 2.05) is 19.1 Å². The van der Waals surface area contributed by atoms with Gasteiger partial charge in [0.2, 0.25) is 0 Å². The molecule has 3 atom stereocenters. The summed E-state index contributed by atoms with van der Waals surface area (Å²) in [5.74, 6) is 1.48. The van der Waals surface area contributed by atoms with Crippen LogP contribution in [-0.4, -0.2) is 24.3 Å². The van der Waals surface area contributed by atoms with Crippen LogP contribution >= 0.6 is 0 Å². The monoisotopic (exact) mass is 330 g/mol. The normalized spacial score (nSPS) is 24.1. The minimum atomic E-state index is -0.124. The Morgan fingerprint density at radius 3 is 2.46 bits per heavy atom. The van der Waals surface area contributed by atoms with Crippen LogP contribution in [0.3, 0.4) is 0 Å². The quantitative estimate of drug-likeness (QED) is 0.541. The first kappa shape index (κ1) is 18.9. The number of benzene rings is 1. The number of ketones is 2. The van der Waals surface area contributed by atoms with E-state index in [4.69, 9.17) is 4.74 Å². The highest BCUT2D eigenvalue weighted by Crippen LogP contribution is 2.35. The maximum atomic E-state index is 12.2. The van der Waals surface area contributed by atoms with Gasteiger partial charge in [0.05, 0.1) is 12.5 Å². The van der Waals surface area contributed by atoms with E-state index in [9.17, 15) is 9.59 Å². The molecule has 3 heteroatoms. The molecular weight excluding hydrogens is 300 g/mol. The van der Waals surface area contributed by atoms with Crippen molar-refractivity contribution in [1.82, 2.24) is 0 Å². The molecule has 0 spiro atoms. The molecule has 0 radical (unpaired) electrons. The van der Waals surface area contributed by atoms with Crippen LogP contribution in [0.25, 0.3) is 0 Å². The minimum Gasteiger partial charge on any atom is -0.370 e. The lowest BCUT2D eigenvalue weighted by Crippen LogP contribution is -2.35. The van der Waals surface area contributed by atoms with Crippen LogP contribution < -0.4 is 0 Å². The Hall–Kier alpha value is -1.48. The fraction of sp³-hybridized carbons (Fsp3) is 0.619. The number of rotatable bonds is 7. The van der Waals surface area contributed by atoms with Crippen molar-refractivity contribution in [1.29, 1.82) is 0 Å². The minimum absolute atomic E-state index is 0.0538. The lowest BCUT2D eigenvalue weighted by Gasteiger charge is -2.37. The second-order valence-corrected chi connectivity index (χ2v) is 7.68. The summed E-state index contributed by atoms with van der Waals surface area (Å²) >= 11 is 0. The highest BCUT2D eigenvalue weighted by molar-refractivity contribution is 6.08. The number of hydrogen-bond acceptors (Lipinski definition) is 3. The van der Waals surface area contributed by atoms with E-state index < -0.39 is 0 Å². The van der Waals surface area contributed by atoms with Gasteiger partial charge in [0.1, 0.15) is 6.61 Å². The highest BCUT2D eigenvalue weighted by Gasteiger charge is 2.31. The molecule has 1 fully saturated rings. The zero-order chi connectivity index (χ0) is 17.7. The van der Waals surface area contributed by atoms with E-state index in [1.54, 1.807) is 12.1 Å². The molecule has 0 bridgehead atoms. The number of ether oxygens (including phenoxy) is 1. The summed E-state index contributed by atoms with van der Waals surface area (Å²) in [6.07, 6.45) is 3.50. The molecule has 1 aliphatic carbocycles. The van der Waals surface area contributed by atoms with Crippen LogP contribution in [0.2, 0.25) is 0 Å². The van der Waals surface area contributed by atoms with Gasteiger partial charge in [-0.05, 0) is 37.5 Å². The summed E-state index contributed by atoms with van der Waals surface area (Å²) in [6.45, 7) is 8.72. The Labute approximate surface area is 145 Å². The molecule has 0 unspecified atom stereocenters. The topological polar surface area (TPSA) is 43.4 Å². The van der Waals surface area contributed by atoms with Gasteiger partial charge in [-0.1, -0.05) is 57.0 Å². The van der Waals surface area contributed by atoms with Crippen LogP contribution in [0.5, 0.6) is 0 Å². The molecule has 0 heterocycles. The third-order valence-electron chi connectivity index (χ3n) is 5.15. The van der Waals surface area contributed by atoms with E-state index in [0.717, 1.165) is 12.0 Å². The van der Waals surface area contributed by atoms with E-state index >= 15 is 0 Å². The molecule has 0 amide bonds. The molecule has 0 N–H and O–H groups in total. The average Bonchev–Trinajstić information content (AvgIpc) is 2.53. The predicted octanol–water partition coefficient (Wildman–Crippen LogP) is 4.61. The van der Waals surface area contributed by atoms with Crippen molar-refractivity contribution in [2.75, 3.05) is 6.61 Å². The molecule has 0 saturated heterocycles. The van der Waals surface area contributed by atoms with Gasteiger partial charge in [-0.15, -0.1) is 0 Å². The Morgan fingerprint density at radius 1 is 1.17 bits per heavy atom. The summed E-state index contributed by atoms with van der Waals surface area (Å²) in [5, 5.41) is 0. The fourth-order valence-electron chi connectivity index (χ4n) is 3.58. The molecule has 1 aromatic rings. The fourth-order valence-corrected chi connectivity index (χ4v) is 3.58. The lowest BCUT2D eigenvalue weighted by atomic mass is 9.75. The Bertz CT molecular complexity index is 559. The molecule has 0 aliphatic heterocycles. The molecule has 2 rings (SSSR count). The van der Waals surface area contributed by atoms with E-state index in [-0.39, 0.29) is 30.7 Å². The standard InChI is InChI=1S/C21H30O3/c1-14(2)19-10-7-16(4)11-21(19)24-13-18(22)12-20(23)17-8-5-15(3)6-9-17/h5-6,8-9,14,16,19,21H,7,10-13H2,1-4H3/t16-,19+,21-/m0/s1. The third-order valence-corrected chi connectivity index (χ3v) is 5.15. The van der Waals surface area contributed by atoms with E-state index in [0.29, 0.717) is 23.3 Å². The second-order valence-electron chi connectivity index (χ2n) is 7.68. The molecule has 3 nitrogen and oxygen atoms in total. The van der Waals surface area contributed by atoms with Crippen molar-refractivity contribution >= 4 is 11.6 Å². The summed E-state index contributed by atoms with van der Waals surface area (Å²) in [5.41, 5.74) is 1.70. The number of carbonyl (C=O) groups is 2. The molecule has 1 saturated carbocycles. The maximum Gasteiger partial charge on any atom is 0.170 e. The first-order valence-electron chi connectivity index (χ1n) is 9.10. The maximum absolute atomic E-state index is 12.2. The predicted molar refractivity (Wildman–Crippen MR) is 96.2 cm³/mol. The van der Waals surface area contributed by atoms with Gasteiger partial charge < -0.3 is 4.74 Å². The Morgan fingerprint density at radius 2 is 1.83 bits per heavy atom. The Balaban J connectivity index is 1.85. The first-order chi connectivity index (χ1) is 11.4. The highest BCUT2D eigenvalue weighted by atomic mass is 16.5. The van der Waals surface area contributed by atoms with Crippen LogP contribution in [0.15, 0.2) is 24.3 Å². The van der Waals surface area contributed by atoms with Crippen molar-refractivity contribution < 1.29 is 14.3 Å². The smallest absolute Gasteiger partial charge is 0.170 e. The molecule has 1 aliphatic rings. The van der Waals surface area contributed by atoms with Gasteiger partial charge in [0.15, 0.2) is 11.6 Å². The SMILES string of the molecule is Cc1ccc(C(=O)CC(=O)CO[C@H]2C[C@@H](C)CC[C@@H]2C(C)C)cc1. The average molecular weight is 330 g/mol. The van der Waals surface area contributed by atoms with Crippen molar-refractivity contribution in [3.8, 4) is 0 Å². The Kier molecular flexibility index (Phi) is 6.73. The van der Waals surface area contributed by atoms with Gasteiger partial charge in [0.25, 0.3) is 0 Å². The van der Waals surface area contributed by atoms with Crippen molar-refractivity contribution in [2.45, 2.75) is 59.5 Å². The number of hydrogen-bond donors (Lipinski definition) is 0. The van der Waals surface area contributed by atoms with Gasteiger partial charge >= 0.3 is 0 Å². The van der Waals surface area contributed by atoms with Crippen LogP contribution in [0.1, 0.15) is 62.4 Å². The van der Waals surface area contributed by atoms with Gasteiger partial charge in [0, 0.05) is 5.56 Å². The zero-order valence-corrected chi connectivity index (χ0v) is 15.4. The largest absolute Gasteiger partial charge is 0.370 e. The third kappa shape index (κ3) is 5.27. The van der Waals surface area contributed by atoms with Gasteiger partial charge in [-0.25, -0.2) is 0 Å². The molecule has 24 heavy (non-hydrogen) atoms. The summed E-state index contributed by atoms with van der Waals surface area (Å²) in [6, 6.07) is 7.35. The molecule has 1 aromatic carbocycles. The summed E-state index contributed by atoms with van der Waals surface area (Å²) < 4.78 is 5.94. The second kappa shape index (κ2) is 8.57. The molecule has 0 aromatic heterocycles.